The molecule has 0 bridgehead atoms. The number of thiazole rings is 1. The minimum atomic E-state index is -4.17. The molecular weight excluding hydrogens is 389 g/mol. The normalized spacial score (nSPS) is 19.0. The van der Waals surface area contributed by atoms with E-state index in [2.05, 4.69) is 10.3 Å². The number of carbonyl (C=O) groups is 1. The molecule has 0 spiro atoms. The molecule has 1 fully saturated rings. The molecule has 146 valence electrons. The maximum Gasteiger partial charge on any atom is 0.392 e. The van der Waals surface area contributed by atoms with Gasteiger partial charge in [-0.25, -0.2) is 4.98 Å². The molecule has 0 saturated heterocycles. The number of hydrogen-bond donors (Lipinski definition) is 2. The van der Waals surface area contributed by atoms with E-state index in [1.807, 2.05) is 6.07 Å². The molecule has 1 saturated carbocycles. The smallest absolute Gasteiger partial charge is 0.389 e. The van der Waals surface area contributed by atoms with Gasteiger partial charge in [-0.05, 0) is 54.7 Å². The van der Waals surface area contributed by atoms with Crippen molar-refractivity contribution in [2.45, 2.75) is 32.0 Å². The Balaban J connectivity index is 1.50. The van der Waals surface area contributed by atoms with Gasteiger partial charge >= 0.3 is 6.18 Å². The third-order valence-electron chi connectivity index (χ3n) is 4.96. The van der Waals surface area contributed by atoms with Crippen LogP contribution in [-0.4, -0.2) is 22.2 Å². The fraction of sp³-hybridized carbons (Fsp3) is 0.300. The van der Waals surface area contributed by atoms with Gasteiger partial charge in [-0.2, -0.15) is 13.2 Å². The number of carbonyl (C=O) groups excluding carboxylic acids is 1. The van der Waals surface area contributed by atoms with Gasteiger partial charge in [0, 0.05) is 11.3 Å². The number of nitrogens with zero attached hydrogens (tertiary/aromatic N) is 1. The second-order valence-corrected chi connectivity index (χ2v) is 8.08. The van der Waals surface area contributed by atoms with Crippen LogP contribution >= 0.6 is 11.3 Å². The molecule has 2 N–H and O–H groups in total. The average molecular weight is 406 g/mol. The fourth-order valence-corrected chi connectivity index (χ4v) is 4.22. The van der Waals surface area contributed by atoms with Gasteiger partial charge in [0.1, 0.15) is 5.01 Å². The summed E-state index contributed by atoms with van der Waals surface area (Å²) < 4.78 is 39.2. The summed E-state index contributed by atoms with van der Waals surface area (Å²) in [5, 5.41) is 12.6. The predicted octanol–water partition coefficient (Wildman–Crippen LogP) is 5.02. The minimum absolute atomic E-state index is 0.109. The number of hydrogen-bond acceptors (Lipinski definition) is 4. The number of aliphatic hydroxyl groups is 1. The van der Waals surface area contributed by atoms with Crippen LogP contribution < -0.4 is 5.32 Å². The van der Waals surface area contributed by atoms with Gasteiger partial charge in [0.2, 0.25) is 0 Å². The first-order chi connectivity index (χ1) is 13.3. The summed E-state index contributed by atoms with van der Waals surface area (Å²) in [6.07, 6.45) is -4.06. The van der Waals surface area contributed by atoms with E-state index in [1.54, 1.807) is 37.3 Å². The number of alkyl halides is 3. The van der Waals surface area contributed by atoms with Gasteiger partial charge < -0.3 is 10.4 Å². The van der Waals surface area contributed by atoms with Crippen LogP contribution in [0.15, 0.2) is 36.4 Å². The molecule has 1 aliphatic rings. The first-order valence-corrected chi connectivity index (χ1v) is 9.57. The van der Waals surface area contributed by atoms with E-state index in [4.69, 9.17) is 0 Å². The molecule has 1 aliphatic carbocycles. The van der Waals surface area contributed by atoms with Crippen molar-refractivity contribution < 1.29 is 23.1 Å². The van der Waals surface area contributed by atoms with Crippen LogP contribution in [0.4, 0.5) is 18.9 Å². The number of amides is 1. The maximum atomic E-state index is 12.8. The number of anilines is 1. The highest BCUT2D eigenvalue weighted by Gasteiger charge is 2.56. The molecule has 2 atom stereocenters. The van der Waals surface area contributed by atoms with Gasteiger partial charge in [0.25, 0.3) is 5.91 Å². The van der Waals surface area contributed by atoms with Crippen molar-refractivity contribution in [2.24, 2.45) is 5.92 Å². The van der Waals surface area contributed by atoms with Crippen molar-refractivity contribution in [3.05, 3.63) is 58.1 Å². The first kappa shape index (κ1) is 18.9. The average Bonchev–Trinajstić information content (AvgIpc) is 3.35. The lowest BCUT2D eigenvalue weighted by molar-refractivity contribution is -0.148. The zero-order valence-corrected chi connectivity index (χ0v) is 15.7. The Morgan fingerprint density at radius 3 is 2.71 bits per heavy atom. The number of rotatable bonds is 4. The van der Waals surface area contributed by atoms with Crippen molar-refractivity contribution in [3.63, 3.8) is 0 Å². The maximum absolute atomic E-state index is 12.8. The number of aryl methyl sites for hydroxylation is 1. The van der Waals surface area contributed by atoms with Crippen molar-refractivity contribution in [1.29, 1.82) is 0 Å². The Hall–Kier alpha value is -2.45. The van der Waals surface area contributed by atoms with E-state index in [-0.39, 0.29) is 18.9 Å². The third-order valence-corrected chi connectivity index (χ3v) is 5.98. The largest absolute Gasteiger partial charge is 0.392 e. The third kappa shape index (κ3) is 3.62. The number of fused-ring (bicyclic) bond motifs is 1. The highest BCUT2D eigenvalue weighted by atomic mass is 32.1. The number of benzene rings is 2. The Morgan fingerprint density at radius 1 is 1.29 bits per heavy atom. The van der Waals surface area contributed by atoms with Crippen LogP contribution in [0.1, 0.15) is 38.8 Å². The molecule has 1 heterocycles. The zero-order valence-electron chi connectivity index (χ0n) is 14.9. The van der Waals surface area contributed by atoms with Crippen molar-refractivity contribution >= 4 is 33.1 Å². The minimum Gasteiger partial charge on any atom is -0.389 e. The molecular formula is C20H17F3N2O2S. The number of aliphatic hydroxyl groups excluding tert-OH is 1. The van der Waals surface area contributed by atoms with Gasteiger partial charge in [0.15, 0.2) is 0 Å². The highest BCUT2D eigenvalue weighted by molar-refractivity contribution is 7.18. The summed E-state index contributed by atoms with van der Waals surface area (Å²) in [7, 11) is 0. The van der Waals surface area contributed by atoms with Crippen LogP contribution in [0.5, 0.6) is 0 Å². The van der Waals surface area contributed by atoms with Crippen LogP contribution in [0.3, 0.4) is 0 Å². The second-order valence-electron chi connectivity index (χ2n) is 6.97. The van der Waals surface area contributed by atoms with Crippen molar-refractivity contribution in [3.8, 4) is 0 Å². The lowest BCUT2D eigenvalue weighted by Crippen LogP contribution is -2.14. The summed E-state index contributed by atoms with van der Waals surface area (Å²) in [6.45, 7) is 1.59. The molecule has 1 aromatic heterocycles. The summed E-state index contributed by atoms with van der Waals surface area (Å²) in [5.74, 6) is -2.12. The molecule has 4 rings (SSSR count). The van der Waals surface area contributed by atoms with E-state index in [0.29, 0.717) is 32.9 Å². The highest BCUT2D eigenvalue weighted by Crippen LogP contribution is 2.56. The van der Waals surface area contributed by atoms with E-state index < -0.39 is 18.0 Å². The SMILES string of the molecule is Cc1cc([C@H]2C[C@@H]2C(F)(F)F)ccc1C(=O)Nc1ccc2sc(CO)nc2c1. The predicted molar refractivity (Wildman–Crippen MR) is 102 cm³/mol. The zero-order chi connectivity index (χ0) is 20.1. The number of halogens is 3. The lowest BCUT2D eigenvalue weighted by atomic mass is 10.0. The Bertz CT molecular complexity index is 1060. The molecule has 8 heteroatoms. The summed E-state index contributed by atoms with van der Waals surface area (Å²) in [4.78, 5) is 16.9. The van der Waals surface area contributed by atoms with Gasteiger partial charge in [-0.1, -0.05) is 12.1 Å². The van der Waals surface area contributed by atoms with E-state index in [1.165, 1.54) is 11.3 Å². The molecule has 28 heavy (non-hydrogen) atoms. The van der Waals surface area contributed by atoms with Crippen LogP contribution in [0, 0.1) is 12.8 Å². The van der Waals surface area contributed by atoms with E-state index in [9.17, 15) is 23.1 Å². The second kappa shape index (κ2) is 6.86. The lowest BCUT2D eigenvalue weighted by Gasteiger charge is -2.10. The van der Waals surface area contributed by atoms with E-state index in [0.717, 1.165) is 4.70 Å². The number of aromatic nitrogens is 1. The van der Waals surface area contributed by atoms with Crippen LogP contribution in [0.25, 0.3) is 10.2 Å². The molecule has 0 unspecified atom stereocenters. The van der Waals surface area contributed by atoms with Crippen LogP contribution in [-0.2, 0) is 6.61 Å². The van der Waals surface area contributed by atoms with Crippen molar-refractivity contribution in [2.75, 3.05) is 5.32 Å². The Kier molecular flexibility index (Phi) is 4.63. The Morgan fingerprint density at radius 2 is 2.07 bits per heavy atom. The molecule has 1 amide bonds. The number of nitrogens with one attached hydrogen (secondary N) is 1. The summed E-state index contributed by atoms with van der Waals surface area (Å²) in [6, 6.07) is 10.2. The monoisotopic (exact) mass is 406 g/mol. The van der Waals surface area contributed by atoms with E-state index >= 15 is 0 Å². The summed E-state index contributed by atoms with van der Waals surface area (Å²) >= 11 is 1.38. The molecule has 3 aromatic rings. The quantitative estimate of drug-likeness (QED) is 0.640. The van der Waals surface area contributed by atoms with Crippen LogP contribution in [0.2, 0.25) is 0 Å². The van der Waals surface area contributed by atoms with Crippen molar-refractivity contribution in [1.82, 2.24) is 4.98 Å². The summed E-state index contributed by atoms with van der Waals surface area (Å²) in [5.41, 5.74) is 2.93. The molecule has 0 radical (unpaired) electrons. The standard InChI is InChI=1S/C20H17F3N2O2S/c1-10-6-11(14-8-15(14)20(21,22)23)2-4-13(10)19(27)24-12-3-5-17-16(7-12)25-18(9-26)28-17/h2-7,14-15,26H,8-9H2,1H3,(H,24,27)/t14-,15+/m1/s1. The van der Waals surface area contributed by atoms with Gasteiger partial charge in [-0.3, -0.25) is 4.79 Å². The fourth-order valence-electron chi connectivity index (χ4n) is 3.42. The molecule has 4 nitrogen and oxygen atoms in total. The van der Waals surface area contributed by atoms with Gasteiger partial charge in [-0.15, -0.1) is 11.3 Å². The first-order valence-electron chi connectivity index (χ1n) is 8.75. The topological polar surface area (TPSA) is 62.2 Å². The molecule has 0 aliphatic heterocycles. The molecule has 2 aromatic carbocycles. The Labute approximate surface area is 163 Å². The van der Waals surface area contributed by atoms with Gasteiger partial charge in [0.05, 0.1) is 22.7 Å².